The van der Waals surface area contributed by atoms with Crippen molar-refractivity contribution in [1.82, 2.24) is 15.4 Å². The first-order valence-electron chi connectivity index (χ1n) is 13.4. The molecule has 0 fully saturated rings. The number of hydrogen-bond donors (Lipinski definition) is 2. The number of unbranched alkanes of at least 4 members (excludes halogenated alkanes) is 1. The zero-order valence-electron chi connectivity index (χ0n) is 23.9. The highest BCUT2D eigenvalue weighted by atomic mass is 32.2. The number of sulfonamides is 1. The maximum Gasteiger partial charge on any atom is 0.264 e. The smallest absolute Gasteiger partial charge is 0.264 e. The van der Waals surface area contributed by atoms with Gasteiger partial charge >= 0.3 is 0 Å². The van der Waals surface area contributed by atoms with Crippen LogP contribution >= 0.6 is 9.24 Å². The average Bonchev–Trinajstić information content (AvgIpc) is 3.22. The number of hydrogen-bond acceptors (Lipinski definition) is 6. The Labute approximate surface area is 239 Å². The van der Waals surface area contributed by atoms with Crippen molar-refractivity contribution in [3.63, 3.8) is 0 Å². The van der Waals surface area contributed by atoms with Gasteiger partial charge < -0.3 is 14.7 Å². The van der Waals surface area contributed by atoms with E-state index in [4.69, 9.17) is 4.52 Å². The molecule has 3 aromatic rings. The third-order valence-corrected chi connectivity index (χ3v) is 8.73. The molecule has 0 spiro atoms. The van der Waals surface area contributed by atoms with Gasteiger partial charge in [-0.1, -0.05) is 62.7 Å². The number of rotatable bonds is 12. The SMILES string of the molecule is CCCCC(=O)N(Cc1ccc(-c2ccccc2S(=O)(=O)Nc2onc(C)c2C)c(P)c1)C(C(=O)NC)C(C)C. The molecule has 2 unspecified atom stereocenters. The summed E-state index contributed by atoms with van der Waals surface area (Å²) in [4.78, 5) is 27.8. The van der Waals surface area contributed by atoms with Crippen LogP contribution in [0.4, 0.5) is 5.88 Å². The van der Waals surface area contributed by atoms with E-state index >= 15 is 0 Å². The van der Waals surface area contributed by atoms with Crippen molar-refractivity contribution in [2.45, 2.75) is 71.4 Å². The molecular formula is C29H39N4O5PS. The second-order valence-electron chi connectivity index (χ2n) is 10.2. The molecular weight excluding hydrogens is 547 g/mol. The van der Waals surface area contributed by atoms with Crippen LogP contribution in [0.3, 0.4) is 0 Å². The van der Waals surface area contributed by atoms with Gasteiger partial charge in [-0.15, -0.1) is 9.24 Å². The Morgan fingerprint density at radius 2 is 1.80 bits per heavy atom. The van der Waals surface area contributed by atoms with E-state index in [-0.39, 0.29) is 35.1 Å². The van der Waals surface area contributed by atoms with Crippen LogP contribution in [0.5, 0.6) is 0 Å². The van der Waals surface area contributed by atoms with Gasteiger partial charge in [0.2, 0.25) is 17.7 Å². The molecule has 0 radical (unpaired) electrons. The highest BCUT2D eigenvalue weighted by Crippen LogP contribution is 2.30. The number of aromatic nitrogens is 1. The van der Waals surface area contributed by atoms with E-state index in [1.165, 1.54) is 0 Å². The molecule has 3 rings (SSSR count). The van der Waals surface area contributed by atoms with Crippen molar-refractivity contribution in [3.8, 4) is 11.1 Å². The molecule has 0 bridgehead atoms. The van der Waals surface area contributed by atoms with Crippen LogP contribution in [0.2, 0.25) is 0 Å². The summed E-state index contributed by atoms with van der Waals surface area (Å²) in [6.45, 7) is 9.61. The minimum atomic E-state index is -3.99. The van der Waals surface area contributed by atoms with Gasteiger partial charge in [-0.3, -0.25) is 9.59 Å². The van der Waals surface area contributed by atoms with Crippen molar-refractivity contribution in [1.29, 1.82) is 0 Å². The molecule has 11 heteroatoms. The maximum atomic E-state index is 13.4. The zero-order valence-corrected chi connectivity index (χ0v) is 25.9. The third-order valence-electron chi connectivity index (χ3n) is 6.87. The van der Waals surface area contributed by atoms with E-state index in [9.17, 15) is 18.0 Å². The Balaban J connectivity index is 1.98. The minimum Gasteiger partial charge on any atom is -0.357 e. The molecule has 0 aliphatic heterocycles. The number of likely N-dealkylation sites (N-methyl/N-ethyl adjacent to an activating group) is 1. The van der Waals surface area contributed by atoms with Crippen molar-refractivity contribution in [2.24, 2.45) is 5.92 Å². The number of benzene rings is 2. The molecule has 0 saturated heterocycles. The molecule has 0 aliphatic rings. The number of nitrogens with one attached hydrogen (secondary N) is 2. The number of aryl methyl sites for hydroxylation is 1. The van der Waals surface area contributed by atoms with Crippen LogP contribution in [0.15, 0.2) is 51.9 Å². The molecule has 2 amide bonds. The second kappa shape index (κ2) is 13.4. The predicted molar refractivity (Wildman–Crippen MR) is 161 cm³/mol. The lowest BCUT2D eigenvalue weighted by molar-refractivity contribution is -0.142. The quantitative estimate of drug-likeness (QED) is 0.301. The molecule has 2 N–H and O–H groups in total. The monoisotopic (exact) mass is 586 g/mol. The van der Waals surface area contributed by atoms with Gasteiger partial charge in [0.15, 0.2) is 0 Å². The van der Waals surface area contributed by atoms with Crippen molar-refractivity contribution >= 4 is 42.3 Å². The van der Waals surface area contributed by atoms with Crippen molar-refractivity contribution in [2.75, 3.05) is 11.8 Å². The van der Waals surface area contributed by atoms with Crippen LogP contribution in [-0.4, -0.2) is 43.4 Å². The largest absolute Gasteiger partial charge is 0.357 e. The number of amides is 2. The molecule has 216 valence electrons. The van der Waals surface area contributed by atoms with E-state index in [0.29, 0.717) is 28.8 Å². The Kier molecular flexibility index (Phi) is 10.5. The number of carbonyl (C=O) groups excluding carboxylic acids is 2. The van der Waals surface area contributed by atoms with Crippen LogP contribution in [0, 0.1) is 19.8 Å². The predicted octanol–water partition coefficient (Wildman–Crippen LogP) is 4.55. The zero-order chi connectivity index (χ0) is 29.6. The first-order valence-corrected chi connectivity index (χ1v) is 15.4. The summed E-state index contributed by atoms with van der Waals surface area (Å²) in [7, 11) is 0.251. The van der Waals surface area contributed by atoms with Crippen LogP contribution in [0.1, 0.15) is 56.9 Å². The Morgan fingerprint density at radius 3 is 2.38 bits per heavy atom. The lowest BCUT2D eigenvalue weighted by Gasteiger charge is -2.33. The van der Waals surface area contributed by atoms with Gasteiger partial charge in [-0.25, -0.2) is 13.1 Å². The van der Waals surface area contributed by atoms with Crippen LogP contribution in [0.25, 0.3) is 11.1 Å². The van der Waals surface area contributed by atoms with Gasteiger partial charge in [0, 0.05) is 31.1 Å². The van der Waals surface area contributed by atoms with E-state index < -0.39 is 16.1 Å². The molecule has 9 nitrogen and oxygen atoms in total. The average molecular weight is 587 g/mol. The van der Waals surface area contributed by atoms with Crippen LogP contribution < -0.4 is 15.3 Å². The summed E-state index contributed by atoms with van der Waals surface area (Å²) in [6.07, 6.45) is 1.99. The van der Waals surface area contributed by atoms with E-state index in [0.717, 1.165) is 23.7 Å². The Hall–Kier alpha value is -3.23. The summed E-state index contributed by atoms with van der Waals surface area (Å²) in [5, 5.41) is 7.29. The summed E-state index contributed by atoms with van der Waals surface area (Å²) in [6, 6.07) is 11.7. The van der Waals surface area contributed by atoms with Crippen LogP contribution in [-0.2, 0) is 26.2 Å². The first kappa shape index (κ1) is 31.3. The molecule has 2 aromatic carbocycles. The summed E-state index contributed by atoms with van der Waals surface area (Å²) in [5.41, 5.74) is 3.27. The molecule has 2 atom stereocenters. The summed E-state index contributed by atoms with van der Waals surface area (Å²) < 4.78 is 34.5. The van der Waals surface area contributed by atoms with E-state index in [1.54, 1.807) is 50.1 Å². The number of carbonyl (C=O) groups is 2. The lowest BCUT2D eigenvalue weighted by Crippen LogP contribution is -2.51. The maximum absolute atomic E-state index is 13.4. The minimum absolute atomic E-state index is 0.0704. The van der Waals surface area contributed by atoms with Gasteiger partial charge in [0.25, 0.3) is 10.0 Å². The summed E-state index contributed by atoms with van der Waals surface area (Å²) in [5.74, 6) is -0.274. The van der Waals surface area contributed by atoms with E-state index in [2.05, 4.69) is 24.4 Å². The number of anilines is 1. The fraction of sp³-hybridized carbons (Fsp3) is 0.414. The second-order valence-corrected chi connectivity index (χ2v) is 12.4. The van der Waals surface area contributed by atoms with Gasteiger partial charge in [0.05, 0.1) is 10.6 Å². The van der Waals surface area contributed by atoms with Gasteiger partial charge in [0.1, 0.15) is 6.04 Å². The Bertz CT molecular complexity index is 1470. The fourth-order valence-electron chi connectivity index (χ4n) is 4.53. The standard InChI is InChI=1S/C29H39N4O5PS/c1-7-8-13-26(34)33(27(18(2)3)28(35)30-6)17-21-14-15-22(24(39)16-21)23-11-9-10-12-25(23)40(36,37)32-29-19(4)20(5)31-38-29/h9-12,14-16,18,27,32H,7-8,13,17,39H2,1-6H3,(H,30,35). The van der Waals surface area contributed by atoms with Crippen molar-refractivity contribution in [3.05, 3.63) is 59.3 Å². The van der Waals surface area contributed by atoms with Crippen molar-refractivity contribution < 1.29 is 22.5 Å². The summed E-state index contributed by atoms with van der Waals surface area (Å²) >= 11 is 0. The lowest BCUT2D eigenvalue weighted by atomic mass is 9.98. The topological polar surface area (TPSA) is 122 Å². The number of nitrogens with zero attached hydrogens (tertiary/aromatic N) is 2. The van der Waals surface area contributed by atoms with Gasteiger partial charge in [-0.2, -0.15) is 0 Å². The van der Waals surface area contributed by atoms with Gasteiger partial charge in [-0.05, 0) is 54.8 Å². The van der Waals surface area contributed by atoms with E-state index in [1.807, 2.05) is 39.0 Å². The first-order chi connectivity index (χ1) is 18.9. The fourth-order valence-corrected chi connectivity index (χ4v) is 6.26. The molecule has 1 heterocycles. The molecule has 0 aliphatic carbocycles. The molecule has 0 saturated carbocycles. The normalized spacial score (nSPS) is 12.3. The highest BCUT2D eigenvalue weighted by molar-refractivity contribution is 7.92. The third kappa shape index (κ3) is 7.09. The Morgan fingerprint density at radius 1 is 1.10 bits per heavy atom. The molecule has 1 aromatic heterocycles. The molecule has 40 heavy (non-hydrogen) atoms. The highest BCUT2D eigenvalue weighted by Gasteiger charge is 2.32.